The lowest BCUT2D eigenvalue weighted by atomic mass is 10.1. The number of carbonyl (C=O) groups is 1. The molecule has 3 heterocycles. The second-order valence-electron chi connectivity index (χ2n) is 7.31. The maximum absolute atomic E-state index is 12.6. The number of hydrogen-bond acceptors (Lipinski definition) is 6. The zero-order valence-electron chi connectivity index (χ0n) is 17.1. The van der Waals surface area contributed by atoms with Crippen LogP contribution in [0.2, 0.25) is 5.15 Å². The van der Waals surface area contributed by atoms with Crippen LogP contribution in [0.5, 0.6) is 0 Å². The van der Waals surface area contributed by atoms with Crippen molar-refractivity contribution in [2.45, 2.75) is 20.3 Å². The van der Waals surface area contributed by atoms with Crippen molar-refractivity contribution in [1.82, 2.24) is 19.7 Å². The molecule has 0 N–H and O–H groups in total. The first kappa shape index (κ1) is 20.1. The summed E-state index contributed by atoms with van der Waals surface area (Å²) < 4.78 is 1.78. The van der Waals surface area contributed by atoms with Crippen LogP contribution in [0.4, 0.5) is 11.5 Å². The highest BCUT2D eigenvalue weighted by Gasteiger charge is 2.18. The number of anilines is 2. The minimum atomic E-state index is 0.0821. The molecule has 0 aliphatic rings. The Morgan fingerprint density at radius 3 is 2.50 bits per heavy atom. The maximum Gasteiger partial charge on any atom is 0.162 e. The predicted octanol–water partition coefficient (Wildman–Crippen LogP) is 2.95. The number of likely N-dealkylation sites (N-methyl/N-ethyl adjacent to an activating group) is 1. The molecule has 3 aromatic heterocycles. The van der Waals surface area contributed by atoms with Gasteiger partial charge in [-0.25, -0.2) is 9.97 Å². The van der Waals surface area contributed by atoms with Gasteiger partial charge in [-0.15, -0.1) is 0 Å². The Morgan fingerprint density at radius 2 is 1.86 bits per heavy atom. The topological polar surface area (TPSA) is 67.2 Å². The fourth-order valence-corrected chi connectivity index (χ4v) is 3.66. The van der Waals surface area contributed by atoms with E-state index in [4.69, 9.17) is 16.6 Å². The highest BCUT2D eigenvalue weighted by atomic mass is 35.5. The number of carbonyl (C=O) groups excluding carboxylic acids is 1. The standard InChI is InChI=1S/C20H25ClN6O/c1-12-7-14(9-17(21)22-12)8-15(28)11-26(5)18-10-16(25(3)4)19-13(2)24-27(6)20(19)23-18/h7,9-10H,8,11H2,1-6H3. The average molecular weight is 401 g/mol. The van der Waals surface area contributed by atoms with Crippen LogP contribution >= 0.6 is 11.6 Å². The summed E-state index contributed by atoms with van der Waals surface area (Å²) in [7, 11) is 7.74. The lowest BCUT2D eigenvalue weighted by molar-refractivity contribution is -0.117. The number of halogens is 1. The summed E-state index contributed by atoms with van der Waals surface area (Å²) in [4.78, 5) is 25.4. The van der Waals surface area contributed by atoms with E-state index in [0.717, 1.165) is 39.5 Å². The fourth-order valence-electron chi connectivity index (χ4n) is 3.38. The van der Waals surface area contributed by atoms with Gasteiger partial charge in [0.15, 0.2) is 11.4 Å². The minimum absolute atomic E-state index is 0.0821. The zero-order chi connectivity index (χ0) is 20.6. The van der Waals surface area contributed by atoms with Gasteiger partial charge < -0.3 is 9.80 Å². The summed E-state index contributed by atoms with van der Waals surface area (Å²) in [6.07, 6.45) is 0.307. The molecular weight excluding hydrogens is 376 g/mol. The predicted molar refractivity (Wildman–Crippen MR) is 114 cm³/mol. The van der Waals surface area contributed by atoms with E-state index in [2.05, 4.69) is 10.1 Å². The van der Waals surface area contributed by atoms with Gasteiger partial charge in [-0.1, -0.05) is 11.6 Å². The molecule has 3 aromatic rings. The number of ketones is 1. The Labute approximate surface area is 169 Å². The van der Waals surface area contributed by atoms with Crippen LogP contribution in [-0.4, -0.2) is 53.2 Å². The van der Waals surface area contributed by atoms with E-state index >= 15 is 0 Å². The van der Waals surface area contributed by atoms with Crippen LogP contribution in [-0.2, 0) is 18.3 Å². The molecule has 0 unspecified atom stereocenters. The van der Waals surface area contributed by atoms with Crippen molar-refractivity contribution in [1.29, 1.82) is 0 Å². The van der Waals surface area contributed by atoms with Crippen molar-refractivity contribution in [2.75, 3.05) is 37.5 Å². The third kappa shape index (κ3) is 4.09. The third-order valence-electron chi connectivity index (χ3n) is 4.60. The van der Waals surface area contributed by atoms with Crippen molar-refractivity contribution in [2.24, 2.45) is 7.05 Å². The van der Waals surface area contributed by atoms with Gasteiger partial charge in [0.1, 0.15) is 11.0 Å². The molecule has 0 aromatic carbocycles. The van der Waals surface area contributed by atoms with Gasteiger partial charge in [0.2, 0.25) is 0 Å². The van der Waals surface area contributed by atoms with Crippen molar-refractivity contribution < 1.29 is 4.79 Å². The van der Waals surface area contributed by atoms with Crippen LogP contribution in [0.1, 0.15) is 17.0 Å². The van der Waals surface area contributed by atoms with E-state index < -0.39 is 0 Å². The van der Waals surface area contributed by atoms with E-state index in [9.17, 15) is 4.79 Å². The van der Waals surface area contributed by atoms with E-state index in [1.807, 2.05) is 64.0 Å². The lowest BCUT2D eigenvalue weighted by Crippen LogP contribution is -2.28. The molecule has 0 fully saturated rings. The van der Waals surface area contributed by atoms with Crippen molar-refractivity contribution in [3.05, 3.63) is 40.3 Å². The Bertz CT molecular complexity index is 1020. The Kier molecular flexibility index (Phi) is 5.56. The molecule has 28 heavy (non-hydrogen) atoms. The summed E-state index contributed by atoms with van der Waals surface area (Å²) >= 11 is 6.00. The molecule has 0 amide bonds. The molecule has 0 atom stereocenters. The Hall–Kier alpha value is -2.67. The van der Waals surface area contributed by atoms with Gasteiger partial charge in [0, 0.05) is 46.4 Å². The first-order chi connectivity index (χ1) is 13.2. The van der Waals surface area contributed by atoms with Gasteiger partial charge in [-0.05, 0) is 31.5 Å². The number of nitrogens with zero attached hydrogens (tertiary/aromatic N) is 6. The molecule has 0 aliphatic heterocycles. The number of rotatable bonds is 6. The SMILES string of the molecule is Cc1cc(CC(=O)CN(C)c2cc(N(C)C)c3c(C)nn(C)c3n2)cc(Cl)n1. The molecule has 0 aliphatic carbocycles. The molecular formula is C20H25ClN6O. The van der Waals surface area contributed by atoms with Gasteiger partial charge in [0.25, 0.3) is 0 Å². The summed E-state index contributed by atoms with van der Waals surface area (Å²) in [5.41, 5.74) is 4.44. The van der Waals surface area contributed by atoms with Crippen LogP contribution in [0.25, 0.3) is 11.0 Å². The van der Waals surface area contributed by atoms with Crippen molar-refractivity contribution in [3.63, 3.8) is 0 Å². The third-order valence-corrected chi connectivity index (χ3v) is 4.80. The molecule has 0 saturated carbocycles. The number of pyridine rings is 2. The number of fused-ring (bicyclic) bond motifs is 1. The highest BCUT2D eigenvalue weighted by molar-refractivity contribution is 6.29. The normalized spacial score (nSPS) is 11.1. The minimum Gasteiger partial charge on any atom is -0.377 e. The van der Waals surface area contributed by atoms with Crippen molar-refractivity contribution in [3.8, 4) is 0 Å². The van der Waals surface area contributed by atoms with Crippen LogP contribution in [0.3, 0.4) is 0 Å². The number of hydrogen-bond donors (Lipinski definition) is 0. The zero-order valence-corrected chi connectivity index (χ0v) is 17.9. The molecule has 0 spiro atoms. The number of aryl methyl sites for hydroxylation is 3. The van der Waals surface area contributed by atoms with E-state index in [-0.39, 0.29) is 12.3 Å². The molecule has 0 saturated heterocycles. The van der Waals surface area contributed by atoms with Crippen LogP contribution in [0, 0.1) is 13.8 Å². The quantitative estimate of drug-likeness (QED) is 0.592. The summed E-state index contributed by atoms with van der Waals surface area (Å²) in [5, 5.41) is 5.92. The largest absolute Gasteiger partial charge is 0.377 e. The van der Waals surface area contributed by atoms with Gasteiger partial charge in [-0.3, -0.25) is 9.48 Å². The number of Topliss-reactive ketones (excluding diaryl/α,β-unsaturated/α-hetero) is 1. The van der Waals surface area contributed by atoms with Gasteiger partial charge >= 0.3 is 0 Å². The summed E-state index contributed by atoms with van der Waals surface area (Å²) in [6.45, 7) is 4.09. The first-order valence-corrected chi connectivity index (χ1v) is 9.41. The van der Waals surface area contributed by atoms with Crippen LogP contribution in [0.15, 0.2) is 18.2 Å². The molecule has 0 bridgehead atoms. The van der Waals surface area contributed by atoms with Gasteiger partial charge in [-0.2, -0.15) is 5.10 Å². The smallest absolute Gasteiger partial charge is 0.162 e. The summed E-state index contributed by atoms with van der Waals surface area (Å²) in [5.74, 6) is 0.815. The monoisotopic (exact) mass is 400 g/mol. The number of aromatic nitrogens is 4. The Morgan fingerprint density at radius 1 is 1.14 bits per heavy atom. The lowest BCUT2D eigenvalue weighted by Gasteiger charge is -2.21. The van der Waals surface area contributed by atoms with Crippen LogP contribution < -0.4 is 9.80 Å². The first-order valence-electron chi connectivity index (χ1n) is 9.03. The molecule has 3 rings (SSSR count). The summed E-state index contributed by atoms with van der Waals surface area (Å²) in [6, 6.07) is 5.62. The second kappa shape index (κ2) is 7.75. The average Bonchev–Trinajstić information content (AvgIpc) is 2.87. The molecule has 7 nitrogen and oxygen atoms in total. The van der Waals surface area contributed by atoms with E-state index in [1.165, 1.54) is 0 Å². The van der Waals surface area contributed by atoms with Gasteiger partial charge in [0.05, 0.1) is 23.3 Å². The second-order valence-corrected chi connectivity index (χ2v) is 7.70. The van der Waals surface area contributed by atoms with E-state index in [0.29, 0.717) is 11.6 Å². The maximum atomic E-state index is 12.6. The molecule has 8 heteroatoms. The van der Waals surface area contributed by atoms with Crippen molar-refractivity contribution >= 4 is 39.9 Å². The highest BCUT2D eigenvalue weighted by Crippen LogP contribution is 2.30. The molecule has 148 valence electrons. The van der Waals surface area contributed by atoms with E-state index in [1.54, 1.807) is 10.7 Å². The Balaban J connectivity index is 1.85. The molecule has 0 radical (unpaired) electrons. The fraction of sp³-hybridized carbons (Fsp3) is 0.400.